The lowest BCUT2D eigenvalue weighted by atomic mass is 10.2. The molecule has 6 nitrogen and oxygen atoms in total. The predicted molar refractivity (Wildman–Crippen MR) is 101 cm³/mol. The lowest BCUT2D eigenvalue weighted by Gasteiger charge is -2.23. The van der Waals surface area contributed by atoms with E-state index in [0.29, 0.717) is 18.2 Å². The Hall–Kier alpha value is -2.28. The molecule has 2 heterocycles. The van der Waals surface area contributed by atoms with Gasteiger partial charge in [-0.15, -0.1) is 0 Å². The van der Waals surface area contributed by atoms with Crippen molar-refractivity contribution in [2.45, 2.75) is 25.0 Å². The number of para-hydroxylation sites is 1. The number of hydrogen-bond acceptors (Lipinski definition) is 5. The van der Waals surface area contributed by atoms with Crippen molar-refractivity contribution >= 4 is 23.4 Å². The second-order valence-electron chi connectivity index (χ2n) is 5.78. The van der Waals surface area contributed by atoms with Crippen LogP contribution in [-0.4, -0.2) is 40.8 Å². The van der Waals surface area contributed by atoms with Crippen LogP contribution in [0, 0.1) is 0 Å². The van der Waals surface area contributed by atoms with Crippen molar-refractivity contribution in [3.8, 4) is 0 Å². The molecule has 1 aliphatic heterocycles. The molecule has 0 unspecified atom stereocenters. The average Bonchev–Trinajstić information content (AvgIpc) is 3.12. The van der Waals surface area contributed by atoms with Crippen LogP contribution in [0.5, 0.6) is 0 Å². The zero-order chi connectivity index (χ0) is 17.6. The first-order valence-electron chi connectivity index (χ1n) is 8.51. The summed E-state index contributed by atoms with van der Waals surface area (Å²) < 4.78 is 1.58. The summed E-state index contributed by atoms with van der Waals surface area (Å²) >= 11 is 1.54. The Kier molecular flexibility index (Phi) is 5.75. The number of aromatic nitrogens is 2. The van der Waals surface area contributed by atoms with E-state index < -0.39 is 0 Å². The van der Waals surface area contributed by atoms with Gasteiger partial charge in [-0.2, -0.15) is 0 Å². The zero-order valence-electron chi connectivity index (χ0n) is 14.3. The summed E-state index contributed by atoms with van der Waals surface area (Å²) in [6, 6.07) is 10.2. The zero-order valence-corrected chi connectivity index (χ0v) is 15.1. The fourth-order valence-electron chi connectivity index (χ4n) is 2.85. The fraction of sp³-hybridized carbons (Fsp3) is 0.389. The van der Waals surface area contributed by atoms with Gasteiger partial charge in [-0.25, -0.2) is 4.98 Å². The maximum atomic E-state index is 12.3. The van der Waals surface area contributed by atoms with Crippen molar-refractivity contribution in [1.29, 1.82) is 0 Å². The number of nitrogens with one attached hydrogen (secondary N) is 1. The van der Waals surface area contributed by atoms with Crippen molar-refractivity contribution in [2.24, 2.45) is 0 Å². The van der Waals surface area contributed by atoms with Crippen molar-refractivity contribution in [1.82, 2.24) is 14.9 Å². The monoisotopic (exact) mass is 358 g/mol. The Morgan fingerprint density at radius 1 is 1.36 bits per heavy atom. The molecule has 1 aromatic heterocycles. The summed E-state index contributed by atoms with van der Waals surface area (Å²) in [5.74, 6) is 0.493. The predicted octanol–water partition coefficient (Wildman–Crippen LogP) is 2.00. The van der Waals surface area contributed by atoms with Gasteiger partial charge >= 0.3 is 0 Å². The first kappa shape index (κ1) is 17.5. The van der Waals surface area contributed by atoms with E-state index in [1.807, 2.05) is 18.2 Å². The minimum atomic E-state index is -0.340. The average molecular weight is 358 g/mol. The smallest absolute Gasteiger partial charge is 0.267 e. The third-order valence-electron chi connectivity index (χ3n) is 4.19. The van der Waals surface area contributed by atoms with Crippen molar-refractivity contribution in [2.75, 3.05) is 30.3 Å². The highest BCUT2D eigenvalue weighted by Gasteiger charge is 2.19. The number of benzene rings is 1. The number of anilines is 1. The molecular formula is C18H22N4O2S. The molecule has 132 valence electrons. The van der Waals surface area contributed by atoms with Gasteiger partial charge in [0.25, 0.3) is 11.5 Å². The molecule has 1 aliphatic rings. The summed E-state index contributed by atoms with van der Waals surface area (Å²) in [4.78, 5) is 31.0. The third-order valence-corrected chi connectivity index (χ3v) is 5.17. The largest absolute Gasteiger partial charge is 0.372 e. The molecule has 0 atom stereocenters. The van der Waals surface area contributed by atoms with Crippen LogP contribution in [-0.2, 0) is 6.54 Å². The molecular weight excluding hydrogens is 336 g/mol. The van der Waals surface area contributed by atoms with Gasteiger partial charge in [-0.1, -0.05) is 30.0 Å². The molecule has 0 bridgehead atoms. The van der Waals surface area contributed by atoms with Crippen LogP contribution in [0.4, 0.5) is 5.69 Å². The summed E-state index contributed by atoms with van der Waals surface area (Å²) in [6.45, 7) is 5.01. The second-order valence-corrected chi connectivity index (χ2v) is 6.85. The number of amides is 1. The van der Waals surface area contributed by atoms with Crippen molar-refractivity contribution in [3.05, 3.63) is 52.4 Å². The van der Waals surface area contributed by atoms with E-state index in [1.54, 1.807) is 16.3 Å². The SMILES string of the molecule is CCN(CCCNC(=O)c1cnc2n(c1=O)CCS2)c1ccccc1. The lowest BCUT2D eigenvalue weighted by molar-refractivity contribution is 0.0950. The molecule has 0 saturated carbocycles. The molecule has 2 aromatic rings. The molecule has 3 rings (SSSR count). The first-order valence-corrected chi connectivity index (χ1v) is 9.50. The molecule has 0 saturated heterocycles. The van der Waals surface area contributed by atoms with Gasteiger partial charge < -0.3 is 10.2 Å². The number of rotatable bonds is 7. The first-order chi connectivity index (χ1) is 12.2. The number of thioether (sulfide) groups is 1. The number of fused-ring (bicyclic) bond motifs is 1. The van der Waals surface area contributed by atoms with Gasteiger partial charge in [0, 0.05) is 43.8 Å². The summed E-state index contributed by atoms with van der Waals surface area (Å²) in [6.07, 6.45) is 2.20. The molecule has 1 aromatic carbocycles. The van der Waals surface area contributed by atoms with Crippen LogP contribution in [0.2, 0.25) is 0 Å². The molecule has 0 radical (unpaired) electrons. The fourth-order valence-corrected chi connectivity index (χ4v) is 3.76. The Bertz CT molecular complexity index is 791. The van der Waals surface area contributed by atoms with Crippen LogP contribution in [0.1, 0.15) is 23.7 Å². The topological polar surface area (TPSA) is 67.2 Å². The summed E-state index contributed by atoms with van der Waals surface area (Å²) in [7, 11) is 0. The van der Waals surface area contributed by atoms with Crippen LogP contribution in [0.25, 0.3) is 0 Å². The minimum Gasteiger partial charge on any atom is -0.372 e. The third kappa shape index (κ3) is 4.04. The van der Waals surface area contributed by atoms with Gasteiger partial charge in [-0.05, 0) is 25.5 Å². The molecule has 1 N–H and O–H groups in total. The molecule has 25 heavy (non-hydrogen) atoms. The van der Waals surface area contributed by atoms with Gasteiger partial charge in [0.1, 0.15) is 5.56 Å². The van der Waals surface area contributed by atoms with E-state index in [4.69, 9.17) is 0 Å². The van der Waals surface area contributed by atoms with E-state index in [1.165, 1.54) is 11.9 Å². The van der Waals surface area contributed by atoms with E-state index in [9.17, 15) is 9.59 Å². The Labute approximate surface area is 151 Å². The Morgan fingerprint density at radius 2 is 2.16 bits per heavy atom. The van der Waals surface area contributed by atoms with Gasteiger partial charge in [-0.3, -0.25) is 14.2 Å². The molecule has 7 heteroatoms. The Morgan fingerprint density at radius 3 is 2.92 bits per heavy atom. The highest BCUT2D eigenvalue weighted by atomic mass is 32.2. The maximum Gasteiger partial charge on any atom is 0.267 e. The highest BCUT2D eigenvalue weighted by molar-refractivity contribution is 7.99. The van der Waals surface area contributed by atoms with Crippen LogP contribution in [0.3, 0.4) is 0 Å². The van der Waals surface area contributed by atoms with Gasteiger partial charge in [0.15, 0.2) is 5.16 Å². The number of nitrogens with zero attached hydrogens (tertiary/aromatic N) is 3. The quantitative estimate of drug-likeness (QED) is 0.606. The van der Waals surface area contributed by atoms with Crippen LogP contribution >= 0.6 is 11.8 Å². The molecule has 0 spiro atoms. The normalized spacial score (nSPS) is 12.7. The second kappa shape index (κ2) is 8.20. The van der Waals surface area contributed by atoms with Crippen LogP contribution < -0.4 is 15.8 Å². The van der Waals surface area contributed by atoms with E-state index in [0.717, 1.165) is 25.3 Å². The number of hydrogen-bond donors (Lipinski definition) is 1. The van der Waals surface area contributed by atoms with Gasteiger partial charge in [0.05, 0.1) is 0 Å². The van der Waals surface area contributed by atoms with E-state index >= 15 is 0 Å². The number of carbonyl (C=O) groups is 1. The highest BCUT2D eigenvalue weighted by Crippen LogP contribution is 2.20. The maximum absolute atomic E-state index is 12.3. The van der Waals surface area contributed by atoms with Crippen molar-refractivity contribution < 1.29 is 4.79 Å². The Balaban J connectivity index is 1.52. The molecule has 0 fully saturated rings. The molecule has 0 aliphatic carbocycles. The summed E-state index contributed by atoms with van der Waals surface area (Å²) in [5, 5.41) is 3.53. The minimum absolute atomic E-state index is 0.127. The lowest BCUT2D eigenvalue weighted by Crippen LogP contribution is -2.35. The number of carbonyl (C=O) groups excluding carboxylic acids is 1. The van der Waals surface area contributed by atoms with Crippen molar-refractivity contribution in [3.63, 3.8) is 0 Å². The van der Waals surface area contributed by atoms with E-state index in [-0.39, 0.29) is 17.0 Å². The summed E-state index contributed by atoms with van der Waals surface area (Å²) in [5.41, 5.74) is 1.06. The van der Waals surface area contributed by atoms with E-state index in [2.05, 4.69) is 34.3 Å². The standard InChI is InChI=1S/C18H22N4O2S/c1-2-21(14-7-4-3-5-8-14)10-6-9-19-16(23)15-13-20-18-22(17(15)24)11-12-25-18/h3-5,7-8,13H,2,6,9-12H2,1H3,(H,19,23). The molecule has 1 amide bonds. The van der Waals surface area contributed by atoms with Crippen LogP contribution in [0.15, 0.2) is 46.5 Å². The van der Waals surface area contributed by atoms with Gasteiger partial charge in [0.2, 0.25) is 0 Å².